The molecule has 0 spiro atoms. The van der Waals surface area contributed by atoms with Gasteiger partial charge in [-0.3, -0.25) is 0 Å². The Morgan fingerprint density at radius 3 is 2.80 bits per heavy atom. The fraction of sp³-hybridized carbons (Fsp3) is 0.364. The summed E-state index contributed by atoms with van der Waals surface area (Å²) in [5.74, 6) is -0.382. The predicted molar refractivity (Wildman–Crippen MR) is 54.5 cm³/mol. The molecule has 0 amide bonds. The number of rotatable bonds is 2. The minimum atomic E-state index is -0.829. The third kappa shape index (κ3) is 1.73. The van der Waals surface area contributed by atoms with Gasteiger partial charge in [-0.15, -0.1) is 0 Å². The molecule has 0 atom stereocenters. The van der Waals surface area contributed by atoms with Crippen LogP contribution >= 0.6 is 0 Å². The van der Waals surface area contributed by atoms with Crippen molar-refractivity contribution in [3.05, 3.63) is 35.4 Å². The number of β-amino-alcohol motifs (C(OH)–C–C–N with tert-alkyl or cyclic N) is 1. The van der Waals surface area contributed by atoms with Gasteiger partial charge in [0.1, 0.15) is 5.60 Å². The lowest BCUT2D eigenvalue weighted by molar-refractivity contribution is -0.0147. The van der Waals surface area contributed by atoms with E-state index in [9.17, 15) is 9.90 Å². The molecule has 4 nitrogen and oxygen atoms in total. The minimum Gasteiger partial charge on any atom is -0.465 e. The van der Waals surface area contributed by atoms with Crippen molar-refractivity contribution in [2.24, 2.45) is 0 Å². The van der Waals surface area contributed by atoms with Gasteiger partial charge in [0.2, 0.25) is 0 Å². The van der Waals surface area contributed by atoms with Gasteiger partial charge in [-0.25, -0.2) is 4.79 Å². The van der Waals surface area contributed by atoms with Crippen molar-refractivity contribution >= 4 is 5.97 Å². The molecule has 0 radical (unpaired) electrons. The van der Waals surface area contributed by atoms with E-state index in [0.29, 0.717) is 18.7 Å². The van der Waals surface area contributed by atoms with Crippen LogP contribution in [0.15, 0.2) is 24.3 Å². The fourth-order valence-electron chi connectivity index (χ4n) is 1.62. The third-order valence-electron chi connectivity index (χ3n) is 2.66. The average Bonchev–Trinajstić information content (AvgIpc) is 2.25. The molecule has 1 fully saturated rings. The number of benzene rings is 1. The number of aliphatic hydroxyl groups is 1. The van der Waals surface area contributed by atoms with Crippen molar-refractivity contribution in [1.29, 1.82) is 0 Å². The van der Waals surface area contributed by atoms with E-state index in [1.807, 2.05) is 6.07 Å². The zero-order valence-corrected chi connectivity index (χ0v) is 8.49. The van der Waals surface area contributed by atoms with E-state index in [4.69, 9.17) is 0 Å². The largest absolute Gasteiger partial charge is 0.465 e. The first-order valence-corrected chi connectivity index (χ1v) is 4.78. The van der Waals surface area contributed by atoms with Gasteiger partial charge in [-0.05, 0) is 17.7 Å². The number of methoxy groups -OCH3 is 1. The maximum atomic E-state index is 11.3. The number of hydrogen-bond acceptors (Lipinski definition) is 4. The zero-order chi connectivity index (χ0) is 10.9. The molecular formula is C11H13NO3. The molecule has 4 heteroatoms. The van der Waals surface area contributed by atoms with Gasteiger partial charge in [0, 0.05) is 13.1 Å². The molecule has 0 saturated carbocycles. The lowest BCUT2D eigenvalue weighted by Crippen LogP contribution is -2.56. The Morgan fingerprint density at radius 1 is 1.53 bits per heavy atom. The number of carbonyl (C=O) groups is 1. The Bertz CT molecular complexity index is 385. The number of carbonyl (C=O) groups excluding carboxylic acids is 1. The van der Waals surface area contributed by atoms with E-state index in [-0.39, 0.29) is 5.97 Å². The molecule has 1 saturated heterocycles. The van der Waals surface area contributed by atoms with E-state index >= 15 is 0 Å². The van der Waals surface area contributed by atoms with Crippen LogP contribution in [-0.4, -0.2) is 31.3 Å². The average molecular weight is 207 g/mol. The van der Waals surface area contributed by atoms with Gasteiger partial charge < -0.3 is 15.2 Å². The number of hydrogen-bond donors (Lipinski definition) is 2. The summed E-state index contributed by atoms with van der Waals surface area (Å²) in [5, 5.41) is 13.0. The van der Waals surface area contributed by atoms with Crippen molar-refractivity contribution in [2.75, 3.05) is 20.2 Å². The molecule has 0 aromatic heterocycles. The normalized spacial score (nSPS) is 18.0. The molecule has 2 N–H and O–H groups in total. The predicted octanol–water partition coefficient (Wildman–Crippen LogP) is 0.264. The molecule has 0 aliphatic carbocycles. The highest BCUT2D eigenvalue weighted by molar-refractivity contribution is 5.89. The summed E-state index contributed by atoms with van der Waals surface area (Å²) in [7, 11) is 1.34. The van der Waals surface area contributed by atoms with Crippen LogP contribution in [0.5, 0.6) is 0 Å². The SMILES string of the molecule is COC(=O)c1cccc(C2(O)CNC2)c1. The minimum absolute atomic E-state index is 0.382. The summed E-state index contributed by atoms with van der Waals surface area (Å²) in [5.41, 5.74) is 0.392. The van der Waals surface area contributed by atoms with E-state index in [0.717, 1.165) is 5.56 Å². The monoisotopic (exact) mass is 207 g/mol. The summed E-state index contributed by atoms with van der Waals surface area (Å²) in [6.07, 6.45) is 0. The molecule has 0 unspecified atom stereocenters. The van der Waals surface area contributed by atoms with Gasteiger partial charge in [-0.1, -0.05) is 12.1 Å². The fourth-order valence-corrected chi connectivity index (χ4v) is 1.62. The number of esters is 1. The Balaban J connectivity index is 2.30. The van der Waals surface area contributed by atoms with E-state index in [1.54, 1.807) is 18.2 Å². The zero-order valence-electron chi connectivity index (χ0n) is 8.49. The lowest BCUT2D eigenvalue weighted by Gasteiger charge is -2.38. The molecular weight excluding hydrogens is 194 g/mol. The van der Waals surface area contributed by atoms with Crippen molar-refractivity contribution in [1.82, 2.24) is 5.32 Å². The van der Waals surface area contributed by atoms with Crippen molar-refractivity contribution in [3.63, 3.8) is 0 Å². The van der Waals surface area contributed by atoms with Crippen molar-refractivity contribution < 1.29 is 14.6 Å². The van der Waals surface area contributed by atoms with E-state index in [1.165, 1.54) is 7.11 Å². The quantitative estimate of drug-likeness (QED) is 0.683. The highest BCUT2D eigenvalue weighted by Gasteiger charge is 2.36. The van der Waals surface area contributed by atoms with Crippen LogP contribution in [0.1, 0.15) is 15.9 Å². The maximum Gasteiger partial charge on any atom is 0.337 e. The second-order valence-corrected chi connectivity index (χ2v) is 3.71. The van der Waals surface area contributed by atoms with E-state index in [2.05, 4.69) is 10.1 Å². The topological polar surface area (TPSA) is 58.6 Å². The summed E-state index contributed by atoms with van der Waals surface area (Å²) < 4.78 is 4.62. The first kappa shape index (κ1) is 10.1. The Kier molecular flexibility index (Phi) is 2.46. The van der Waals surface area contributed by atoms with Crippen LogP contribution in [-0.2, 0) is 10.3 Å². The van der Waals surface area contributed by atoms with Crippen LogP contribution < -0.4 is 5.32 Å². The number of ether oxygens (including phenoxy) is 1. The molecule has 80 valence electrons. The standard InChI is InChI=1S/C11H13NO3/c1-15-10(13)8-3-2-4-9(5-8)11(14)6-12-7-11/h2-5,12,14H,6-7H2,1H3. The van der Waals surface area contributed by atoms with Gasteiger partial charge in [0.25, 0.3) is 0 Å². The van der Waals surface area contributed by atoms with Crippen molar-refractivity contribution in [3.8, 4) is 0 Å². The molecule has 15 heavy (non-hydrogen) atoms. The van der Waals surface area contributed by atoms with Crippen LogP contribution in [0.2, 0.25) is 0 Å². The van der Waals surface area contributed by atoms with Gasteiger partial charge in [-0.2, -0.15) is 0 Å². The summed E-state index contributed by atoms with van der Waals surface area (Å²) in [6, 6.07) is 6.91. The van der Waals surface area contributed by atoms with Crippen LogP contribution in [0.4, 0.5) is 0 Å². The summed E-state index contributed by atoms with van der Waals surface area (Å²) in [4.78, 5) is 11.3. The molecule has 1 heterocycles. The summed E-state index contributed by atoms with van der Waals surface area (Å²) >= 11 is 0. The third-order valence-corrected chi connectivity index (χ3v) is 2.66. The number of nitrogens with one attached hydrogen (secondary N) is 1. The molecule has 0 bridgehead atoms. The second-order valence-electron chi connectivity index (χ2n) is 3.71. The first-order chi connectivity index (χ1) is 7.15. The molecule has 1 aromatic carbocycles. The molecule has 2 rings (SSSR count). The van der Waals surface area contributed by atoms with E-state index < -0.39 is 5.60 Å². The van der Waals surface area contributed by atoms with Crippen molar-refractivity contribution in [2.45, 2.75) is 5.60 Å². The molecule has 1 aliphatic rings. The van der Waals surface area contributed by atoms with Crippen LogP contribution in [0.3, 0.4) is 0 Å². The highest BCUT2D eigenvalue weighted by Crippen LogP contribution is 2.25. The van der Waals surface area contributed by atoms with Gasteiger partial charge in [0.15, 0.2) is 0 Å². The Morgan fingerprint density at radius 2 is 2.27 bits per heavy atom. The van der Waals surface area contributed by atoms with Crippen LogP contribution in [0.25, 0.3) is 0 Å². The Labute approximate surface area is 87.9 Å². The van der Waals surface area contributed by atoms with Crippen LogP contribution in [0, 0.1) is 0 Å². The van der Waals surface area contributed by atoms with Gasteiger partial charge in [0.05, 0.1) is 12.7 Å². The Hall–Kier alpha value is -1.39. The molecule has 1 aliphatic heterocycles. The summed E-state index contributed by atoms with van der Waals surface area (Å²) in [6.45, 7) is 1.05. The smallest absolute Gasteiger partial charge is 0.337 e. The lowest BCUT2D eigenvalue weighted by atomic mass is 9.87. The first-order valence-electron chi connectivity index (χ1n) is 4.78. The van der Waals surface area contributed by atoms with Gasteiger partial charge >= 0.3 is 5.97 Å². The maximum absolute atomic E-state index is 11.3. The molecule has 1 aromatic rings. The highest BCUT2D eigenvalue weighted by atomic mass is 16.5. The second kappa shape index (κ2) is 3.64.